The van der Waals surface area contributed by atoms with Gasteiger partial charge in [-0.1, -0.05) is 20.8 Å². The van der Waals surface area contributed by atoms with Gasteiger partial charge in [0, 0.05) is 11.1 Å². The Morgan fingerprint density at radius 2 is 2.00 bits per heavy atom. The molecule has 0 unspecified atom stereocenters. The Morgan fingerprint density at radius 1 is 1.33 bits per heavy atom. The maximum Gasteiger partial charge on any atom is 0.107 e. The number of piperidine rings is 1. The van der Waals surface area contributed by atoms with Crippen LogP contribution in [0.3, 0.4) is 0 Å². The molecule has 0 aromatic carbocycles. The zero-order chi connectivity index (χ0) is 14.6. The SMILES string of the molecule is CNCCC1CCN(Cc2ncc(C(C)(C)C)s2)CC1.Cl. The minimum absolute atomic E-state index is 0. The number of hydrogen-bond acceptors (Lipinski definition) is 4. The van der Waals surface area contributed by atoms with Crippen LogP contribution in [0, 0.1) is 5.92 Å². The zero-order valence-corrected chi connectivity index (χ0v) is 15.4. The van der Waals surface area contributed by atoms with Crippen LogP contribution in [0.4, 0.5) is 0 Å². The van der Waals surface area contributed by atoms with Crippen LogP contribution >= 0.6 is 23.7 Å². The number of aromatic nitrogens is 1. The average molecular weight is 332 g/mol. The highest BCUT2D eigenvalue weighted by molar-refractivity contribution is 7.11. The first-order chi connectivity index (χ1) is 9.49. The lowest BCUT2D eigenvalue weighted by Crippen LogP contribution is -2.34. The number of hydrogen-bond donors (Lipinski definition) is 1. The third-order valence-electron chi connectivity index (χ3n) is 4.16. The van der Waals surface area contributed by atoms with Gasteiger partial charge in [-0.2, -0.15) is 0 Å². The van der Waals surface area contributed by atoms with E-state index < -0.39 is 0 Å². The van der Waals surface area contributed by atoms with Gasteiger partial charge in [0.1, 0.15) is 5.01 Å². The molecular formula is C16H30ClN3S. The molecule has 0 spiro atoms. The minimum Gasteiger partial charge on any atom is -0.320 e. The molecule has 0 saturated carbocycles. The van der Waals surface area contributed by atoms with Gasteiger partial charge < -0.3 is 5.32 Å². The molecule has 5 heteroatoms. The summed E-state index contributed by atoms with van der Waals surface area (Å²) in [6, 6.07) is 0. The van der Waals surface area contributed by atoms with E-state index in [1.165, 1.54) is 42.2 Å². The van der Waals surface area contributed by atoms with Crippen LogP contribution in [0.25, 0.3) is 0 Å². The van der Waals surface area contributed by atoms with Crippen LogP contribution in [0.5, 0.6) is 0 Å². The molecule has 122 valence electrons. The van der Waals surface area contributed by atoms with Gasteiger partial charge in [0.05, 0.1) is 6.54 Å². The molecule has 0 aliphatic carbocycles. The van der Waals surface area contributed by atoms with Gasteiger partial charge in [0.25, 0.3) is 0 Å². The summed E-state index contributed by atoms with van der Waals surface area (Å²) in [6.45, 7) is 11.5. The molecule has 1 aromatic heterocycles. The predicted molar refractivity (Wildman–Crippen MR) is 94.6 cm³/mol. The maximum absolute atomic E-state index is 4.61. The summed E-state index contributed by atoms with van der Waals surface area (Å²) in [5, 5.41) is 4.54. The topological polar surface area (TPSA) is 28.2 Å². The van der Waals surface area contributed by atoms with E-state index in [2.05, 4.69) is 42.2 Å². The summed E-state index contributed by atoms with van der Waals surface area (Å²) < 4.78 is 0. The average Bonchev–Trinajstić information content (AvgIpc) is 2.86. The molecule has 0 atom stereocenters. The Morgan fingerprint density at radius 3 is 2.52 bits per heavy atom. The summed E-state index contributed by atoms with van der Waals surface area (Å²) in [7, 11) is 2.05. The smallest absolute Gasteiger partial charge is 0.107 e. The van der Waals surface area contributed by atoms with Crippen molar-refractivity contribution in [3.63, 3.8) is 0 Å². The van der Waals surface area contributed by atoms with Crippen LogP contribution in [0.2, 0.25) is 0 Å². The highest BCUT2D eigenvalue weighted by Gasteiger charge is 2.21. The normalized spacial score (nSPS) is 17.7. The molecule has 0 amide bonds. The second kappa shape index (κ2) is 8.47. The van der Waals surface area contributed by atoms with E-state index in [0.717, 1.165) is 19.0 Å². The number of rotatable bonds is 5. The maximum atomic E-state index is 4.61. The van der Waals surface area contributed by atoms with E-state index in [9.17, 15) is 0 Å². The van der Waals surface area contributed by atoms with Gasteiger partial charge in [0.15, 0.2) is 0 Å². The fourth-order valence-electron chi connectivity index (χ4n) is 2.70. The van der Waals surface area contributed by atoms with Crippen molar-refractivity contribution >= 4 is 23.7 Å². The summed E-state index contributed by atoms with van der Waals surface area (Å²) in [4.78, 5) is 8.58. The molecule has 0 radical (unpaired) electrons. The van der Waals surface area contributed by atoms with E-state index in [-0.39, 0.29) is 17.8 Å². The monoisotopic (exact) mass is 331 g/mol. The van der Waals surface area contributed by atoms with Gasteiger partial charge >= 0.3 is 0 Å². The molecular weight excluding hydrogens is 302 g/mol. The van der Waals surface area contributed by atoms with Crippen molar-refractivity contribution in [2.24, 2.45) is 5.92 Å². The van der Waals surface area contributed by atoms with Crippen molar-refractivity contribution in [1.29, 1.82) is 0 Å². The third-order valence-corrected chi connectivity index (χ3v) is 5.57. The van der Waals surface area contributed by atoms with E-state index in [1.54, 1.807) is 0 Å². The van der Waals surface area contributed by atoms with Crippen molar-refractivity contribution in [2.45, 2.75) is 52.0 Å². The second-order valence-electron chi connectivity index (χ2n) is 6.98. The first kappa shape index (κ1) is 18.9. The van der Waals surface area contributed by atoms with Gasteiger partial charge in [-0.25, -0.2) is 4.98 Å². The van der Waals surface area contributed by atoms with Gasteiger partial charge in [-0.3, -0.25) is 4.90 Å². The Balaban J connectivity index is 0.00000220. The predicted octanol–water partition coefficient (Wildman–Crippen LogP) is 3.68. The summed E-state index contributed by atoms with van der Waals surface area (Å²) in [5.41, 5.74) is 0.232. The highest BCUT2D eigenvalue weighted by atomic mass is 35.5. The van der Waals surface area contributed by atoms with Gasteiger partial charge in [-0.05, 0) is 57.3 Å². The molecule has 3 nitrogen and oxygen atoms in total. The number of halogens is 1. The zero-order valence-electron chi connectivity index (χ0n) is 13.8. The number of nitrogens with zero attached hydrogens (tertiary/aromatic N) is 2. The number of likely N-dealkylation sites (tertiary alicyclic amines) is 1. The lowest BCUT2D eigenvalue weighted by molar-refractivity contribution is 0.172. The Hall–Kier alpha value is -0.160. The summed E-state index contributed by atoms with van der Waals surface area (Å²) in [5.74, 6) is 0.917. The van der Waals surface area contributed by atoms with Crippen LogP contribution in [-0.2, 0) is 12.0 Å². The summed E-state index contributed by atoms with van der Waals surface area (Å²) >= 11 is 1.89. The van der Waals surface area contributed by atoms with E-state index in [1.807, 2.05) is 18.4 Å². The molecule has 0 bridgehead atoms. The second-order valence-corrected chi connectivity index (χ2v) is 8.10. The largest absolute Gasteiger partial charge is 0.320 e. The van der Waals surface area contributed by atoms with Crippen LogP contribution in [0.1, 0.15) is 49.9 Å². The number of nitrogens with one attached hydrogen (secondary N) is 1. The molecule has 1 fully saturated rings. The lowest BCUT2D eigenvalue weighted by Gasteiger charge is -2.31. The molecule has 21 heavy (non-hydrogen) atoms. The van der Waals surface area contributed by atoms with Crippen LogP contribution in [0.15, 0.2) is 6.20 Å². The number of thiazole rings is 1. The van der Waals surface area contributed by atoms with Crippen LogP contribution < -0.4 is 5.32 Å². The van der Waals surface area contributed by atoms with Gasteiger partial charge in [-0.15, -0.1) is 23.7 Å². The third kappa shape index (κ3) is 5.85. The van der Waals surface area contributed by atoms with E-state index in [0.29, 0.717) is 0 Å². The van der Waals surface area contributed by atoms with E-state index >= 15 is 0 Å². The highest BCUT2D eigenvalue weighted by Crippen LogP contribution is 2.29. The quantitative estimate of drug-likeness (QED) is 0.892. The fraction of sp³-hybridized carbons (Fsp3) is 0.812. The fourth-order valence-corrected chi connectivity index (χ4v) is 3.72. The molecule has 2 heterocycles. The van der Waals surface area contributed by atoms with Crippen LogP contribution in [-0.4, -0.2) is 36.6 Å². The first-order valence-corrected chi connectivity index (χ1v) is 8.63. The van der Waals surface area contributed by atoms with Crippen molar-refractivity contribution in [2.75, 3.05) is 26.7 Å². The van der Waals surface area contributed by atoms with Gasteiger partial charge in [0.2, 0.25) is 0 Å². The molecule has 1 saturated heterocycles. The Bertz CT molecular complexity index is 406. The lowest BCUT2D eigenvalue weighted by atomic mass is 9.93. The molecule has 1 aliphatic heterocycles. The molecule has 1 N–H and O–H groups in total. The molecule has 1 aliphatic rings. The minimum atomic E-state index is 0. The van der Waals surface area contributed by atoms with Crippen molar-refractivity contribution in [3.05, 3.63) is 16.1 Å². The standard InChI is InChI=1S/C16H29N3S.ClH/c1-16(2,3)14-11-18-15(20-14)12-19-9-6-13(7-10-19)5-8-17-4;/h11,13,17H,5-10,12H2,1-4H3;1H. The van der Waals surface area contributed by atoms with Crippen molar-refractivity contribution < 1.29 is 0 Å². The van der Waals surface area contributed by atoms with Crippen molar-refractivity contribution in [3.8, 4) is 0 Å². The molecule has 2 rings (SSSR count). The van der Waals surface area contributed by atoms with Crippen molar-refractivity contribution in [1.82, 2.24) is 15.2 Å². The Kier molecular flexibility index (Phi) is 7.62. The first-order valence-electron chi connectivity index (χ1n) is 7.81. The Labute approximate surface area is 139 Å². The molecule has 1 aromatic rings. The van der Waals surface area contributed by atoms with E-state index in [4.69, 9.17) is 0 Å². The summed E-state index contributed by atoms with van der Waals surface area (Å²) in [6.07, 6.45) is 6.09.